The molecule has 4 rings (SSSR count). The van der Waals surface area contributed by atoms with Gasteiger partial charge in [-0.1, -0.05) is 55.5 Å². The third kappa shape index (κ3) is 4.45. The van der Waals surface area contributed by atoms with E-state index in [1.807, 2.05) is 0 Å². The molecule has 148 valence electrons. The Morgan fingerprint density at radius 2 is 1.22 bits per heavy atom. The van der Waals surface area contributed by atoms with Gasteiger partial charge in [0.15, 0.2) is 0 Å². The van der Waals surface area contributed by atoms with Crippen LogP contribution in [0.4, 0.5) is 0 Å². The molecular formula is C23H32Cl2OZr. The second-order valence-corrected chi connectivity index (χ2v) is 8.45. The van der Waals surface area contributed by atoms with Gasteiger partial charge in [-0.05, 0) is 79.4 Å². The molecule has 0 aromatic rings. The molecule has 1 nitrogen and oxygen atoms in total. The van der Waals surface area contributed by atoms with Gasteiger partial charge >= 0.3 is 26.2 Å². The van der Waals surface area contributed by atoms with E-state index >= 15 is 0 Å². The number of halogens is 2. The number of rotatable bonds is 5. The van der Waals surface area contributed by atoms with Crippen LogP contribution < -0.4 is 24.8 Å². The van der Waals surface area contributed by atoms with Crippen LogP contribution in [-0.4, -0.2) is 11.7 Å². The Kier molecular flexibility index (Phi) is 10.3. The minimum atomic E-state index is 0. The first-order valence-corrected chi connectivity index (χ1v) is 10.1. The molecule has 4 heteroatoms. The zero-order chi connectivity index (χ0) is 16.6. The fourth-order valence-electron chi connectivity index (χ4n) is 6.81. The number of allylic oxidation sites excluding steroid dienone is 8. The Morgan fingerprint density at radius 1 is 0.778 bits per heavy atom. The zero-order valence-electron chi connectivity index (χ0n) is 16.2. The topological polar surface area (TPSA) is 20.2 Å². The molecular weight excluding hydrogens is 454 g/mol. The van der Waals surface area contributed by atoms with Gasteiger partial charge in [-0.3, -0.25) is 0 Å². The monoisotopic (exact) mass is 484 g/mol. The summed E-state index contributed by atoms with van der Waals surface area (Å²) in [6.07, 6.45) is 26.4. The summed E-state index contributed by atoms with van der Waals surface area (Å²) in [7, 11) is 0. The number of aliphatic hydroxyl groups is 1. The van der Waals surface area contributed by atoms with Gasteiger partial charge in [0, 0.05) is 6.61 Å². The van der Waals surface area contributed by atoms with Crippen LogP contribution >= 0.6 is 0 Å². The molecule has 0 aliphatic heterocycles. The van der Waals surface area contributed by atoms with Crippen LogP contribution in [-0.2, 0) is 26.2 Å². The van der Waals surface area contributed by atoms with Crippen molar-refractivity contribution < 1.29 is 56.1 Å². The van der Waals surface area contributed by atoms with Crippen LogP contribution in [0.2, 0.25) is 0 Å². The van der Waals surface area contributed by atoms with E-state index in [-0.39, 0.29) is 51.0 Å². The maximum atomic E-state index is 9.98. The van der Waals surface area contributed by atoms with Crippen molar-refractivity contribution in [1.29, 1.82) is 0 Å². The Labute approximate surface area is 196 Å². The molecule has 0 radical (unpaired) electrons. The van der Waals surface area contributed by atoms with Gasteiger partial charge in [0.25, 0.3) is 0 Å². The Balaban J connectivity index is 0.00000121. The van der Waals surface area contributed by atoms with Crippen molar-refractivity contribution in [3.8, 4) is 0 Å². The molecule has 2 saturated carbocycles. The molecule has 2 fully saturated rings. The van der Waals surface area contributed by atoms with Gasteiger partial charge in [0.2, 0.25) is 0 Å². The first-order valence-electron chi connectivity index (χ1n) is 10.1. The van der Waals surface area contributed by atoms with Crippen molar-refractivity contribution in [3.05, 3.63) is 48.6 Å². The van der Waals surface area contributed by atoms with Gasteiger partial charge in [0.1, 0.15) is 0 Å². The average molecular weight is 487 g/mol. The number of fused-ring (bicyclic) bond motifs is 2. The van der Waals surface area contributed by atoms with E-state index in [9.17, 15) is 5.11 Å². The molecule has 0 amide bonds. The summed E-state index contributed by atoms with van der Waals surface area (Å²) in [4.78, 5) is 0. The molecule has 4 aliphatic rings. The second kappa shape index (κ2) is 11.0. The van der Waals surface area contributed by atoms with E-state index < -0.39 is 0 Å². The molecule has 0 heterocycles. The van der Waals surface area contributed by atoms with Crippen LogP contribution in [0, 0.1) is 40.9 Å². The zero-order valence-corrected chi connectivity index (χ0v) is 20.2. The summed E-state index contributed by atoms with van der Waals surface area (Å²) in [5.74, 6) is 4.35. The molecule has 0 bridgehead atoms. The van der Waals surface area contributed by atoms with Crippen molar-refractivity contribution in [1.82, 2.24) is 0 Å². The van der Waals surface area contributed by atoms with Crippen molar-refractivity contribution in [3.63, 3.8) is 0 Å². The van der Waals surface area contributed by atoms with Crippen molar-refractivity contribution in [2.45, 2.75) is 45.4 Å². The predicted octanol–water partition coefficient (Wildman–Crippen LogP) is -0.692. The normalized spacial score (nSPS) is 37.4. The van der Waals surface area contributed by atoms with Gasteiger partial charge in [-0.2, -0.15) is 0 Å². The van der Waals surface area contributed by atoms with Crippen molar-refractivity contribution in [2.24, 2.45) is 40.9 Å². The van der Waals surface area contributed by atoms with Crippen LogP contribution in [0.1, 0.15) is 45.4 Å². The van der Waals surface area contributed by atoms with Crippen LogP contribution in [0.15, 0.2) is 48.6 Å². The Bertz CT molecular complexity index is 539. The number of aliphatic hydroxyl groups excluding tert-OH is 1. The molecule has 1 N–H and O–H groups in total. The molecule has 0 aromatic heterocycles. The van der Waals surface area contributed by atoms with Crippen LogP contribution in [0.5, 0.6) is 0 Å². The largest absolute Gasteiger partial charge is 2.00 e. The third-order valence-corrected chi connectivity index (χ3v) is 7.86. The summed E-state index contributed by atoms with van der Waals surface area (Å²) in [5.41, 5.74) is 0.304. The summed E-state index contributed by atoms with van der Waals surface area (Å²) in [6, 6.07) is 0. The fourth-order valence-corrected chi connectivity index (χ4v) is 6.81. The van der Waals surface area contributed by atoms with E-state index in [0.717, 1.165) is 30.1 Å². The van der Waals surface area contributed by atoms with E-state index in [0.29, 0.717) is 23.9 Å². The number of hydrogen-bond donors (Lipinski definition) is 1. The minimum absolute atomic E-state index is 0. The van der Waals surface area contributed by atoms with E-state index in [1.165, 1.54) is 32.1 Å². The quantitative estimate of drug-likeness (QED) is 0.546. The third-order valence-electron chi connectivity index (χ3n) is 7.86. The molecule has 0 spiro atoms. The second-order valence-electron chi connectivity index (χ2n) is 8.45. The van der Waals surface area contributed by atoms with Gasteiger partial charge < -0.3 is 29.9 Å². The number of hydrogen-bond acceptors (Lipinski definition) is 1. The molecule has 6 atom stereocenters. The molecule has 27 heavy (non-hydrogen) atoms. The van der Waals surface area contributed by atoms with E-state index in [4.69, 9.17) is 0 Å². The molecule has 6 unspecified atom stereocenters. The van der Waals surface area contributed by atoms with Gasteiger partial charge in [-0.25, -0.2) is 0 Å². The molecule has 0 saturated heterocycles. The summed E-state index contributed by atoms with van der Waals surface area (Å²) in [6.45, 7) is 2.73. The predicted molar refractivity (Wildman–Crippen MR) is 100 cm³/mol. The van der Waals surface area contributed by atoms with Crippen LogP contribution in [0.3, 0.4) is 0 Å². The standard InChI is InChI=1S/C23H32O.2ClH.Zr/c1-2-23(15-16-24,21-13-11-17-7-3-5-9-19(17)21)22-14-12-18-8-4-6-10-20(18)22;;;/h3-10,17-22,24H,2,11-16H2,1H3;2*1H;/q;;;+2/p-2. The smallest absolute Gasteiger partial charge is 1.00 e. The van der Waals surface area contributed by atoms with Crippen molar-refractivity contribution in [2.75, 3.05) is 6.61 Å². The van der Waals surface area contributed by atoms with Gasteiger partial charge in [-0.15, -0.1) is 0 Å². The van der Waals surface area contributed by atoms with Gasteiger partial charge in [0.05, 0.1) is 0 Å². The molecule has 0 aromatic carbocycles. The van der Waals surface area contributed by atoms with E-state index in [2.05, 4.69) is 55.5 Å². The fraction of sp³-hybridized carbons (Fsp3) is 0.652. The summed E-state index contributed by atoms with van der Waals surface area (Å²) in [5, 5.41) is 9.98. The SMILES string of the molecule is CCC(CCO)(C1CCC2C=CC=CC21)C1CCC2C=CC=CC21.[Cl-].[Cl-].[Zr+2]. The molecule has 4 aliphatic carbocycles. The maximum absolute atomic E-state index is 9.98. The summed E-state index contributed by atoms with van der Waals surface area (Å²) < 4.78 is 0. The minimum Gasteiger partial charge on any atom is -1.00 e. The van der Waals surface area contributed by atoms with E-state index in [1.54, 1.807) is 0 Å². The Morgan fingerprint density at radius 3 is 1.63 bits per heavy atom. The summed E-state index contributed by atoms with van der Waals surface area (Å²) >= 11 is 0. The van der Waals surface area contributed by atoms with Crippen molar-refractivity contribution >= 4 is 0 Å². The first kappa shape index (κ1) is 25.4. The average Bonchev–Trinajstić information content (AvgIpc) is 3.25. The maximum Gasteiger partial charge on any atom is 2.00 e. The first-order chi connectivity index (χ1) is 11.8. The Hall–Kier alpha value is 0.383. The van der Waals surface area contributed by atoms with Crippen LogP contribution in [0.25, 0.3) is 0 Å².